The lowest BCUT2D eigenvalue weighted by molar-refractivity contribution is 0.155. The molecule has 2 fully saturated rings. The van der Waals surface area contributed by atoms with Crippen LogP contribution in [-0.2, 0) is 11.3 Å². The van der Waals surface area contributed by atoms with Crippen molar-refractivity contribution < 1.29 is 4.74 Å². The predicted octanol–water partition coefficient (Wildman–Crippen LogP) is 3.35. The Morgan fingerprint density at radius 1 is 1.14 bits per heavy atom. The van der Waals surface area contributed by atoms with E-state index in [-0.39, 0.29) is 0 Å². The van der Waals surface area contributed by atoms with Crippen LogP contribution >= 0.6 is 11.3 Å². The molecule has 2 aliphatic rings. The van der Waals surface area contributed by atoms with E-state index in [0.717, 1.165) is 36.5 Å². The number of ether oxygens (including phenoxy) is 1. The minimum absolute atomic E-state index is 0.676. The molecule has 0 aliphatic heterocycles. The molecule has 0 saturated heterocycles. The van der Waals surface area contributed by atoms with Crippen molar-refractivity contribution in [1.82, 2.24) is 15.5 Å². The van der Waals surface area contributed by atoms with Gasteiger partial charge in [-0.25, -0.2) is 0 Å². The molecule has 3 rings (SSSR count). The topological polar surface area (TPSA) is 47.0 Å². The van der Waals surface area contributed by atoms with Gasteiger partial charge in [-0.1, -0.05) is 37.0 Å². The van der Waals surface area contributed by atoms with Crippen LogP contribution in [-0.4, -0.2) is 30.5 Å². The first-order valence-corrected chi connectivity index (χ1v) is 9.20. The highest BCUT2D eigenvalue weighted by Crippen LogP contribution is 2.46. The Labute approximate surface area is 131 Å². The van der Waals surface area contributed by atoms with Crippen LogP contribution in [0.15, 0.2) is 0 Å². The first-order chi connectivity index (χ1) is 10.4. The first kappa shape index (κ1) is 15.4. The summed E-state index contributed by atoms with van der Waals surface area (Å²) in [5.41, 5.74) is 0. The summed E-state index contributed by atoms with van der Waals surface area (Å²) in [6.07, 6.45) is 9.92. The Morgan fingerprint density at radius 3 is 2.86 bits per heavy atom. The van der Waals surface area contributed by atoms with E-state index >= 15 is 0 Å². The van der Waals surface area contributed by atoms with Gasteiger partial charge in [0.25, 0.3) is 0 Å². The number of methoxy groups -OCH3 is 1. The molecule has 21 heavy (non-hydrogen) atoms. The summed E-state index contributed by atoms with van der Waals surface area (Å²) in [5.74, 6) is 2.65. The second-order valence-electron chi connectivity index (χ2n) is 6.52. The summed E-state index contributed by atoms with van der Waals surface area (Å²) in [6.45, 7) is 2.44. The fraction of sp³-hybridized carbons (Fsp3) is 0.875. The smallest absolute Gasteiger partial charge is 0.131 e. The summed E-state index contributed by atoms with van der Waals surface area (Å²) in [5, 5.41) is 14.6. The molecule has 2 saturated carbocycles. The Balaban J connectivity index is 1.51. The SMILES string of the molecule is COCCNCc1nnc(C2CCC3CCCCC3C2)s1. The summed E-state index contributed by atoms with van der Waals surface area (Å²) >= 11 is 1.81. The van der Waals surface area contributed by atoms with E-state index in [9.17, 15) is 0 Å². The number of hydrogen-bond donors (Lipinski definition) is 1. The van der Waals surface area contributed by atoms with Crippen molar-refractivity contribution in [3.8, 4) is 0 Å². The fourth-order valence-electron chi connectivity index (χ4n) is 3.97. The van der Waals surface area contributed by atoms with E-state index in [1.807, 2.05) is 11.3 Å². The first-order valence-electron chi connectivity index (χ1n) is 8.38. The van der Waals surface area contributed by atoms with Crippen LogP contribution in [0.25, 0.3) is 0 Å². The van der Waals surface area contributed by atoms with Gasteiger partial charge in [0.1, 0.15) is 10.0 Å². The molecule has 1 N–H and O–H groups in total. The van der Waals surface area contributed by atoms with Crippen molar-refractivity contribution in [3.05, 3.63) is 10.0 Å². The van der Waals surface area contributed by atoms with Crippen molar-refractivity contribution in [1.29, 1.82) is 0 Å². The highest BCUT2D eigenvalue weighted by molar-refractivity contribution is 7.11. The molecule has 2 aliphatic carbocycles. The molecule has 0 aromatic carbocycles. The summed E-state index contributed by atoms with van der Waals surface area (Å²) in [4.78, 5) is 0. The largest absolute Gasteiger partial charge is 0.383 e. The van der Waals surface area contributed by atoms with Gasteiger partial charge in [-0.15, -0.1) is 10.2 Å². The number of nitrogens with zero attached hydrogens (tertiary/aromatic N) is 2. The maximum absolute atomic E-state index is 5.04. The van der Waals surface area contributed by atoms with Gasteiger partial charge in [-0.3, -0.25) is 0 Å². The lowest BCUT2D eigenvalue weighted by atomic mass is 9.68. The van der Waals surface area contributed by atoms with Crippen LogP contribution in [0.5, 0.6) is 0 Å². The van der Waals surface area contributed by atoms with Gasteiger partial charge in [0.2, 0.25) is 0 Å². The molecule has 3 atom stereocenters. The van der Waals surface area contributed by atoms with E-state index in [4.69, 9.17) is 4.74 Å². The lowest BCUT2D eigenvalue weighted by Crippen LogP contribution is -2.26. The molecular formula is C16H27N3OS. The van der Waals surface area contributed by atoms with Crippen LogP contribution in [0, 0.1) is 11.8 Å². The Hall–Kier alpha value is -0.520. The van der Waals surface area contributed by atoms with Gasteiger partial charge in [-0.2, -0.15) is 0 Å². The standard InChI is InChI=1S/C16H27N3OS/c1-20-9-8-17-11-15-18-19-16(21-15)14-7-6-12-4-2-3-5-13(12)10-14/h12-14,17H,2-11H2,1H3. The second-order valence-corrected chi connectivity index (χ2v) is 7.61. The third-order valence-corrected chi connectivity index (χ3v) is 6.22. The quantitative estimate of drug-likeness (QED) is 0.819. The van der Waals surface area contributed by atoms with Crippen LogP contribution in [0.1, 0.15) is 60.9 Å². The number of hydrogen-bond acceptors (Lipinski definition) is 5. The zero-order valence-corrected chi connectivity index (χ0v) is 13.8. The molecular weight excluding hydrogens is 282 g/mol. The zero-order valence-electron chi connectivity index (χ0n) is 13.0. The third-order valence-electron chi connectivity index (χ3n) is 5.13. The Bertz CT molecular complexity index is 437. The molecule has 3 unspecified atom stereocenters. The number of fused-ring (bicyclic) bond motifs is 1. The number of aromatic nitrogens is 2. The number of nitrogens with one attached hydrogen (secondary N) is 1. The van der Waals surface area contributed by atoms with Crippen LogP contribution in [0.3, 0.4) is 0 Å². The second kappa shape index (κ2) is 7.65. The van der Waals surface area contributed by atoms with Crippen LogP contribution < -0.4 is 5.32 Å². The van der Waals surface area contributed by atoms with E-state index in [1.165, 1.54) is 50.0 Å². The Kier molecular flexibility index (Phi) is 5.61. The lowest BCUT2D eigenvalue weighted by Gasteiger charge is -2.38. The van der Waals surface area contributed by atoms with Gasteiger partial charge in [0, 0.05) is 26.1 Å². The minimum Gasteiger partial charge on any atom is -0.383 e. The number of rotatable bonds is 6. The molecule has 1 heterocycles. The average Bonchev–Trinajstić information content (AvgIpc) is 3.00. The van der Waals surface area contributed by atoms with Crippen molar-refractivity contribution in [2.75, 3.05) is 20.3 Å². The van der Waals surface area contributed by atoms with Crippen LogP contribution in [0.4, 0.5) is 0 Å². The van der Waals surface area contributed by atoms with Crippen molar-refractivity contribution in [3.63, 3.8) is 0 Å². The molecule has 5 heteroatoms. The maximum atomic E-state index is 5.04. The minimum atomic E-state index is 0.676. The van der Waals surface area contributed by atoms with Gasteiger partial charge in [0.05, 0.1) is 6.61 Å². The molecule has 0 amide bonds. The molecule has 1 aromatic heterocycles. The Morgan fingerprint density at radius 2 is 2.00 bits per heavy atom. The van der Waals surface area contributed by atoms with Gasteiger partial charge in [-0.05, 0) is 31.1 Å². The molecule has 118 valence electrons. The summed E-state index contributed by atoms with van der Waals surface area (Å²) < 4.78 is 5.04. The third kappa shape index (κ3) is 4.02. The molecule has 0 radical (unpaired) electrons. The van der Waals surface area contributed by atoms with E-state index in [0.29, 0.717) is 5.92 Å². The van der Waals surface area contributed by atoms with Crippen molar-refractivity contribution in [2.45, 2.75) is 57.4 Å². The van der Waals surface area contributed by atoms with Crippen molar-refractivity contribution >= 4 is 11.3 Å². The average molecular weight is 309 g/mol. The van der Waals surface area contributed by atoms with Gasteiger partial charge < -0.3 is 10.1 Å². The predicted molar refractivity (Wildman–Crippen MR) is 85.5 cm³/mol. The van der Waals surface area contributed by atoms with E-state index < -0.39 is 0 Å². The maximum Gasteiger partial charge on any atom is 0.131 e. The van der Waals surface area contributed by atoms with Gasteiger partial charge >= 0.3 is 0 Å². The highest BCUT2D eigenvalue weighted by atomic mass is 32.1. The van der Waals surface area contributed by atoms with E-state index in [1.54, 1.807) is 7.11 Å². The molecule has 0 spiro atoms. The molecule has 4 nitrogen and oxygen atoms in total. The fourth-order valence-corrected chi connectivity index (χ4v) is 4.93. The zero-order chi connectivity index (χ0) is 14.5. The van der Waals surface area contributed by atoms with Gasteiger partial charge in [0.15, 0.2) is 0 Å². The highest BCUT2D eigenvalue weighted by Gasteiger charge is 2.33. The normalized spacial score (nSPS) is 29.3. The van der Waals surface area contributed by atoms with Crippen molar-refractivity contribution in [2.24, 2.45) is 11.8 Å². The molecule has 1 aromatic rings. The van der Waals surface area contributed by atoms with Crippen LogP contribution in [0.2, 0.25) is 0 Å². The molecule has 0 bridgehead atoms. The van der Waals surface area contributed by atoms with E-state index in [2.05, 4.69) is 15.5 Å². The monoisotopic (exact) mass is 309 g/mol. The summed E-state index contributed by atoms with van der Waals surface area (Å²) in [7, 11) is 1.73. The summed E-state index contributed by atoms with van der Waals surface area (Å²) in [6, 6.07) is 0.